The number of esters is 2. The Morgan fingerprint density at radius 3 is 2.12 bits per heavy atom. The van der Waals surface area contributed by atoms with Gasteiger partial charge in [0, 0.05) is 0 Å². The first kappa shape index (κ1) is 24.6. The summed E-state index contributed by atoms with van der Waals surface area (Å²) in [4.78, 5) is 23.9. The molecule has 0 aliphatic heterocycles. The van der Waals surface area contributed by atoms with Crippen molar-refractivity contribution < 1.29 is 33.6 Å². The van der Waals surface area contributed by atoms with Crippen LogP contribution in [-0.4, -0.2) is 53.9 Å². The number of rotatable bonds is 12. The maximum absolute atomic E-state index is 12.3. The van der Waals surface area contributed by atoms with Crippen molar-refractivity contribution in [2.24, 2.45) is 5.92 Å². The Balaban J connectivity index is 4.48. The minimum atomic E-state index is -1.31. The van der Waals surface area contributed by atoms with Crippen molar-refractivity contribution in [2.75, 3.05) is 13.2 Å². The van der Waals surface area contributed by atoms with Crippen LogP contribution in [0.5, 0.6) is 0 Å². The Kier molecular flexibility index (Phi) is 10.1. The second-order valence-corrected chi connectivity index (χ2v) is 7.29. The molecule has 0 aromatic heterocycles. The number of hydrogen-bond acceptors (Lipinski definition) is 7. The predicted molar refractivity (Wildman–Crippen MR) is 97.4 cm³/mol. The summed E-state index contributed by atoms with van der Waals surface area (Å²) in [6.07, 6.45) is 1.16. The SMILES string of the molecule is C=CC(C)C(=O)OCC(C)OC(C)(C)C(=O)OCC(CC)OC(C)(C)O. The van der Waals surface area contributed by atoms with Crippen molar-refractivity contribution in [2.45, 2.75) is 78.5 Å². The van der Waals surface area contributed by atoms with E-state index in [-0.39, 0.29) is 13.2 Å². The van der Waals surface area contributed by atoms with Gasteiger partial charge in [-0.25, -0.2) is 4.79 Å². The lowest BCUT2D eigenvalue weighted by Gasteiger charge is -2.29. The maximum atomic E-state index is 12.3. The highest BCUT2D eigenvalue weighted by molar-refractivity contribution is 5.78. The lowest BCUT2D eigenvalue weighted by Crippen LogP contribution is -2.42. The van der Waals surface area contributed by atoms with Gasteiger partial charge in [-0.2, -0.15) is 0 Å². The third-order valence-corrected chi connectivity index (χ3v) is 3.48. The van der Waals surface area contributed by atoms with Crippen molar-refractivity contribution in [1.82, 2.24) is 0 Å². The molecule has 0 fully saturated rings. The van der Waals surface area contributed by atoms with Crippen LogP contribution in [0.2, 0.25) is 0 Å². The summed E-state index contributed by atoms with van der Waals surface area (Å²) in [6.45, 7) is 15.0. The van der Waals surface area contributed by atoms with E-state index >= 15 is 0 Å². The lowest BCUT2D eigenvalue weighted by molar-refractivity contribution is -0.220. The topological polar surface area (TPSA) is 91.3 Å². The van der Waals surface area contributed by atoms with E-state index in [1.165, 1.54) is 19.9 Å². The van der Waals surface area contributed by atoms with Crippen molar-refractivity contribution >= 4 is 11.9 Å². The molecule has 0 saturated heterocycles. The van der Waals surface area contributed by atoms with Gasteiger partial charge in [0.15, 0.2) is 11.4 Å². The molecule has 0 bridgehead atoms. The number of aliphatic hydroxyl groups is 1. The average Bonchev–Trinajstić information content (AvgIpc) is 2.53. The third kappa shape index (κ3) is 9.89. The van der Waals surface area contributed by atoms with Crippen LogP contribution >= 0.6 is 0 Å². The van der Waals surface area contributed by atoms with E-state index in [0.717, 1.165) is 0 Å². The van der Waals surface area contributed by atoms with Crippen LogP contribution in [0.15, 0.2) is 12.7 Å². The Hall–Kier alpha value is -1.44. The summed E-state index contributed by atoms with van der Waals surface area (Å²) < 4.78 is 21.4. The smallest absolute Gasteiger partial charge is 0.337 e. The van der Waals surface area contributed by atoms with E-state index in [1.807, 2.05) is 6.92 Å². The molecule has 0 saturated carbocycles. The monoisotopic (exact) mass is 374 g/mol. The number of ether oxygens (including phenoxy) is 4. The zero-order chi connectivity index (χ0) is 20.5. The van der Waals surface area contributed by atoms with E-state index in [9.17, 15) is 14.7 Å². The summed E-state index contributed by atoms with van der Waals surface area (Å²) >= 11 is 0. The van der Waals surface area contributed by atoms with Crippen LogP contribution in [-0.2, 0) is 28.5 Å². The molecule has 7 nitrogen and oxygen atoms in total. The van der Waals surface area contributed by atoms with Crippen LogP contribution < -0.4 is 0 Å². The highest BCUT2D eigenvalue weighted by atomic mass is 16.6. The normalized spacial score (nSPS) is 15.7. The highest BCUT2D eigenvalue weighted by Gasteiger charge is 2.33. The molecule has 26 heavy (non-hydrogen) atoms. The van der Waals surface area contributed by atoms with Gasteiger partial charge in [0.25, 0.3) is 0 Å². The maximum Gasteiger partial charge on any atom is 0.337 e. The van der Waals surface area contributed by atoms with Crippen LogP contribution in [0.25, 0.3) is 0 Å². The van der Waals surface area contributed by atoms with Gasteiger partial charge in [-0.15, -0.1) is 6.58 Å². The summed E-state index contributed by atoms with van der Waals surface area (Å²) in [7, 11) is 0. The summed E-state index contributed by atoms with van der Waals surface area (Å²) in [5.41, 5.74) is -1.22. The van der Waals surface area contributed by atoms with E-state index in [4.69, 9.17) is 18.9 Å². The quantitative estimate of drug-likeness (QED) is 0.319. The van der Waals surface area contributed by atoms with E-state index in [0.29, 0.717) is 6.42 Å². The second kappa shape index (κ2) is 10.6. The second-order valence-electron chi connectivity index (χ2n) is 7.29. The van der Waals surface area contributed by atoms with Crippen LogP contribution in [0, 0.1) is 5.92 Å². The first-order chi connectivity index (χ1) is 11.8. The summed E-state index contributed by atoms with van der Waals surface area (Å²) in [6, 6.07) is 0. The standard InChI is InChI=1S/C19H34O7/c1-9-13(3)16(20)23-11-14(4)25-18(5,6)17(21)24-12-15(10-2)26-19(7,8)22/h9,13-15,22H,1,10-12H2,2-8H3. The number of carbonyl (C=O) groups excluding carboxylic acids is 2. The van der Waals surface area contributed by atoms with Gasteiger partial charge < -0.3 is 24.1 Å². The molecular weight excluding hydrogens is 340 g/mol. The van der Waals surface area contributed by atoms with Gasteiger partial charge in [-0.3, -0.25) is 4.79 Å². The molecule has 1 N–H and O–H groups in total. The van der Waals surface area contributed by atoms with Crippen molar-refractivity contribution in [3.8, 4) is 0 Å². The molecule has 152 valence electrons. The molecule has 3 unspecified atom stereocenters. The van der Waals surface area contributed by atoms with Gasteiger partial charge in [-0.05, 0) is 48.0 Å². The predicted octanol–water partition coefficient (Wildman–Crippen LogP) is 2.60. The zero-order valence-corrected chi connectivity index (χ0v) is 17.0. The molecule has 0 amide bonds. The minimum Gasteiger partial charge on any atom is -0.462 e. The summed E-state index contributed by atoms with van der Waals surface area (Å²) in [5, 5.41) is 9.69. The van der Waals surface area contributed by atoms with Crippen molar-refractivity contribution in [3.63, 3.8) is 0 Å². The zero-order valence-electron chi connectivity index (χ0n) is 17.0. The molecule has 0 heterocycles. The molecular formula is C19H34O7. The molecule has 0 radical (unpaired) electrons. The fourth-order valence-electron chi connectivity index (χ4n) is 2.00. The lowest BCUT2D eigenvalue weighted by atomic mass is 10.1. The van der Waals surface area contributed by atoms with Gasteiger partial charge in [0.05, 0.1) is 18.1 Å². The van der Waals surface area contributed by atoms with Crippen LogP contribution in [0.3, 0.4) is 0 Å². The summed E-state index contributed by atoms with van der Waals surface area (Å²) in [5.74, 6) is -2.67. The number of carbonyl (C=O) groups is 2. The Morgan fingerprint density at radius 1 is 1.08 bits per heavy atom. The molecule has 7 heteroatoms. The number of hydrogen-bond donors (Lipinski definition) is 1. The fraction of sp³-hybridized carbons (Fsp3) is 0.789. The molecule has 0 aromatic rings. The van der Waals surface area contributed by atoms with Gasteiger partial charge in [0.1, 0.15) is 13.2 Å². The van der Waals surface area contributed by atoms with Gasteiger partial charge in [-0.1, -0.05) is 13.0 Å². The van der Waals surface area contributed by atoms with Crippen LogP contribution in [0.4, 0.5) is 0 Å². The van der Waals surface area contributed by atoms with E-state index in [1.54, 1.807) is 27.7 Å². The average molecular weight is 374 g/mol. The Labute approximate surface area is 156 Å². The van der Waals surface area contributed by atoms with Gasteiger partial charge in [0.2, 0.25) is 0 Å². The van der Waals surface area contributed by atoms with Crippen LogP contribution in [0.1, 0.15) is 54.9 Å². The van der Waals surface area contributed by atoms with E-state index in [2.05, 4.69) is 6.58 Å². The first-order valence-corrected chi connectivity index (χ1v) is 8.86. The first-order valence-electron chi connectivity index (χ1n) is 8.86. The molecule has 0 aliphatic carbocycles. The highest BCUT2D eigenvalue weighted by Crippen LogP contribution is 2.17. The van der Waals surface area contributed by atoms with Crippen molar-refractivity contribution in [3.05, 3.63) is 12.7 Å². The fourth-order valence-corrected chi connectivity index (χ4v) is 2.00. The third-order valence-electron chi connectivity index (χ3n) is 3.48. The van der Waals surface area contributed by atoms with Gasteiger partial charge >= 0.3 is 11.9 Å². The van der Waals surface area contributed by atoms with Crippen molar-refractivity contribution in [1.29, 1.82) is 0 Å². The molecule has 0 aromatic carbocycles. The Bertz CT molecular complexity index is 465. The minimum absolute atomic E-state index is 0.00628. The molecule has 0 rings (SSSR count). The van der Waals surface area contributed by atoms with E-state index < -0.39 is 41.5 Å². The largest absolute Gasteiger partial charge is 0.462 e. The molecule has 3 atom stereocenters. The Morgan fingerprint density at radius 2 is 1.65 bits per heavy atom. The molecule has 0 spiro atoms. The molecule has 0 aliphatic rings.